The maximum atomic E-state index is 13.6. The summed E-state index contributed by atoms with van der Waals surface area (Å²) in [5, 5.41) is 0. The lowest BCUT2D eigenvalue weighted by molar-refractivity contribution is 0.593. The summed E-state index contributed by atoms with van der Waals surface area (Å²) in [5.74, 6) is 0.384. The predicted molar refractivity (Wildman–Crippen MR) is 98.0 cm³/mol. The zero-order chi connectivity index (χ0) is 17.3. The van der Waals surface area contributed by atoms with E-state index in [1.807, 2.05) is 0 Å². The number of thiazole rings is 1. The molecule has 0 aliphatic rings. The second-order valence-corrected chi connectivity index (χ2v) is 9.34. The molecule has 1 N–H and O–H groups in total. The zero-order valence-electron chi connectivity index (χ0n) is 13.0. The molecule has 0 bridgehead atoms. The lowest BCUT2D eigenvalue weighted by Gasteiger charge is -2.08. The van der Waals surface area contributed by atoms with Crippen molar-refractivity contribution in [1.29, 1.82) is 0 Å². The summed E-state index contributed by atoms with van der Waals surface area (Å²) in [6, 6.07) is 9.05. The summed E-state index contributed by atoms with van der Waals surface area (Å²) in [4.78, 5) is 4.37. The van der Waals surface area contributed by atoms with Gasteiger partial charge in [0.15, 0.2) is 4.34 Å². The first-order valence-electron chi connectivity index (χ1n) is 7.21. The maximum absolute atomic E-state index is 13.6. The van der Waals surface area contributed by atoms with Crippen LogP contribution in [-0.2, 0) is 10.0 Å². The van der Waals surface area contributed by atoms with E-state index in [9.17, 15) is 12.8 Å². The van der Waals surface area contributed by atoms with Crippen LogP contribution in [0.1, 0.15) is 12.5 Å². The van der Waals surface area contributed by atoms with Crippen LogP contribution in [0.4, 0.5) is 10.1 Å². The minimum Gasteiger partial charge on any atom is -0.280 e. The standard InChI is InChI=1S/C16H15FN2O2S3/c1-3-22-16-18-14-7-5-11(8-15(14)23-16)19-24(20,21)12-6-4-10(2)13(17)9-12/h4-9,19H,3H2,1-2H3. The molecule has 0 saturated carbocycles. The second-order valence-electron chi connectivity index (χ2n) is 5.11. The minimum absolute atomic E-state index is 0.0998. The number of nitrogens with one attached hydrogen (secondary N) is 1. The third kappa shape index (κ3) is 3.55. The van der Waals surface area contributed by atoms with E-state index in [1.54, 1.807) is 36.9 Å². The van der Waals surface area contributed by atoms with E-state index in [4.69, 9.17) is 0 Å². The van der Waals surface area contributed by atoms with E-state index < -0.39 is 15.8 Å². The predicted octanol–water partition coefficient (Wildman–Crippen LogP) is 4.66. The van der Waals surface area contributed by atoms with Gasteiger partial charge in [-0.05, 0) is 48.6 Å². The fourth-order valence-electron chi connectivity index (χ4n) is 2.11. The van der Waals surface area contributed by atoms with Crippen molar-refractivity contribution >= 4 is 49.0 Å². The summed E-state index contributed by atoms with van der Waals surface area (Å²) in [6.07, 6.45) is 0. The van der Waals surface area contributed by atoms with Crippen molar-refractivity contribution in [2.24, 2.45) is 0 Å². The Morgan fingerprint density at radius 3 is 2.75 bits per heavy atom. The summed E-state index contributed by atoms with van der Waals surface area (Å²) < 4.78 is 42.8. The van der Waals surface area contributed by atoms with Gasteiger partial charge in [0.2, 0.25) is 0 Å². The summed E-state index contributed by atoms with van der Waals surface area (Å²) in [5.41, 5.74) is 1.67. The van der Waals surface area contributed by atoms with Crippen LogP contribution >= 0.6 is 23.1 Å². The molecule has 126 valence electrons. The molecule has 8 heteroatoms. The molecule has 0 unspecified atom stereocenters. The van der Waals surface area contributed by atoms with Crippen molar-refractivity contribution in [1.82, 2.24) is 4.98 Å². The number of aryl methyl sites for hydroxylation is 1. The Kier molecular flexibility index (Phi) is 4.80. The average Bonchev–Trinajstić information content (AvgIpc) is 2.91. The average molecular weight is 383 g/mol. The number of hydrogen-bond acceptors (Lipinski definition) is 5. The van der Waals surface area contributed by atoms with E-state index >= 15 is 0 Å². The minimum atomic E-state index is -3.84. The molecule has 3 aromatic rings. The highest BCUT2D eigenvalue weighted by atomic mass is 32.2. The van der Waals surface area contributed by atoms with Crippen molar-refractivity contribution in [3.8, 4) is 0 Å². The molecule has 1 aromatic heterocycles. The van der Waals surface area contributed by atoms with Gasteiger partial charge in [0.05, 0.1) is 20.8 Å². The molecule has 4 nitrogen and oxygen atoms in total. The number of nitrogens with zero attached hydrogens (tertiary/aromatic N) is 1. The van der Waals surface area contributed by atoms with Gasteiger partial charge >= 0.3 is 0 Å². The quantitative estimate of drug-likeness (QED) is 0.652. The highest BCUT2D eigenvalue weighted by molar-refractivity contribution is 8.01. The number of fused-ring (bicyclic) bond motifs is 1. The molecule has 1 heterocycles. The molecule has 0 aliphatic heterocycles. The molecule has 0 fully saturated rings. The first-order valence-corrected chi connectivity index (χ1v) is 10.5. The van der Waals surface area contributed by atoms with Gasteiger partial charge < -0.3 is 0 Å². The van der Waals surface area contributed by atoms with E-state index in [2.05, 4.69) is 16.6 Å². The monoisotopic (exact) mass is 382 g/mol. The van der Waals surface area contributed by atoms with Crippen molar-refractivity contribution in [2.75, 3.05) is 10.5 Å². The van der Waals surface area contributed by atoms with Crippen LogP contribution in [0.5, 0.6) is 0 Å². The number of thioether (sulfide) groups is 1. The Hall–Kier alpha value is -1.64. The number of aromatic nitrogens is 1. The van der Waals surface area contributed by atoms with Gasteiger partial charge in [-0.25, -0.2) is 17.8 Å². The molecule has 2 aromatic carbocycles. The van der Waals surface area contributed by atoms with E-state index in [1.165, 1.54) is 23.5 Å². The third-order valence-corrected chi connectivity index (χ3v) is 6.76. The van der Waals surface area contributed by atoms with Crippen LogP contribution in [0.15, 0.2) is 45.6 Å². The smallest absolute Gasteiger partial charge is 0.261 e. The molecule has 0 radical (unpaired) electrons. The van der Waals surface area contributed by atoms with Gasteiger partial charge in [0.25, 0.3) is 10.0 Å². The normalized spacial score (nSPS) is 11.8. The summed E-state index contributed by atoms with van der Waals surface area (Å²) >= 11 is 3.17. The van der Waals surface area contributed by atoms with Crippen LogP contribution in [0.2, 0.25) is 0 Å². The highest BCUT2D eigenvalue weighted by Crippen LogP contribution is 2.31. The lowest BCUT2D eigenvalue weighted by atomic mass is 10.2. The Balaban J connectivity index is 1.91. The molecule has 3 rings (SSSR count). The van der Waals surface area contributed by atoms with E-state index in [0.717, 1.165) is 26.4 Å². The number of halogens is 1. The van der Waals surface area contributed by atoms with Crippen LogP contribution in [-0.4, -0.2) is 19.2 Å². The zero-order valence-corrected chi connectivity index (χ0v) is 15.5. The summed E-state index contributed by atoms with van der Waals surface area (Å²) in [7, 11) is -3.84. The lowest BCUT2D eigenvalue weighted by Crippen LogP contribution is -2.13. The summed E-state index contributed by atoms with van der Waals surface area (Å²) in [6.45, 7) is 3.64. The van der Waals surface area contributed by atoms with Gasteiger partial charge in [-0.3, -0.25) is 4.72 Å². The number of sulfonamides is 1. The number of rotatable bonds is 5. The molecule has 0 saturated heterocycles. The number of benzene rings is 2. The largest absolute Gasteiger partial charge is 0.280 e. The van der Waals surface area contributed by atoms with E-state index in [-0.39, 0.29) is 4.90 Å². The Morgan fingerprint density at radius 2 is 2.04 bits per heavy atom. The SMILES string of the molecule is CCSc1nc2ccc(NS(=O)(=O)c3ccc(C)c(F)c3)cc2s1. The molecule has 0 spiro atoms. The molecule has 0 amide bonds. The van der Waals surface area contributed by atoms with E-state index in [0.29, 0.717) is 11.3 Å². The fourth-order valence-corrected chi connectivity index (χ4v) is 5.17. The molecule has 0 atom stereocenters. The third-order valence-electron chi connectivity index (χ3n) is 3.34. The first kappa shape index (κ1) is 17.2. The maximum Gasteiger partial charge on any atom is 0.261 e. The second kappa shape index (κ2) is 6.70. The van der Waals surface area contributed by atoms with Crippen molar-refractivity contribution in [3.63, 3.8) is 0 Å². The molecule has 24 heavy (non-hydrogen) atoms. The number of hydrogen-bond donors (Lipinski definition) is 1. The Morgan fingerprint density at radius 1 is 1.25 bits per heavy atom. The van der Waals surface area contributed by atoms with Crippen molar-refractivity contribution in [2.45, 2.75) is 23.1 Å². The highest BCUT2D eigenvalue weighted by Gasteiger charge is 2.16. The fraction of sp³-hybridized carbons (Fsp3) is 0.188. The number of anilines is 1. The van der Waals surface area contributed by atoms with Crippen LogP contribution in [0.3, 0.4) is 0 Å². The Bertz CT molecular complexity index is 1000. The van der Waals surface area contributed by atoms with Gasteiger partial charge in [0.1, 0.15) is 5.82 Å². The van der Waals surface area contributed by atoms with Crippen molar-refractivity contribution < 1.29 is 12.8 Å². The van der Waals surface area contributed by atoms with Gasteiger partial charge in [-0.2, -0.15) is 0 Å². The Labute approximate surface area is 148 Å². The van der Waals surface area contributed by atoms with Crippen LogP contribution in [0.25, 0.3) is 10.2 Å². The molecular weight excluding hydrogens is 367 g/mol. The van der Waals surface area contributed by atoms with Crippen LogP contribution in [0, 0.1) is 12.7 Å². The van der Waals surface area contributed by atoms with Gasteiger partial charge in [-0.1, -0.05) is 24.8 Å². The van der Waals surface area contributed by atoms with Crippen molar-refractivity contribution in [3.05, 3.63) is 47.8 Å². The molecular formula is C16H15FN2O2S3. The topological polar surface area (TPSA) is 59.1 Å². The first-order chi connectivity index (χ1) is 11.4. The molecule has 0 aliphatic carbocycles. The van der Waals surface area contributed by atoms with Gasteiger partial charge in [0, 0.05) is 0 Å². The van der Waals surface area contributed by atoms with Crippen LogP contribution < -0.4 is 4.72 Å². The van der Waals surface area contributed by atoms with Gasteiger partial charge in [-0.15, -0.1) is 11.3 Å².